The van der Waals surface area contributed by atoms with Crippen molar-refractivity contribution in [3.8, 4) is 10.6 Å². The maximum absolute atomic E-state index is 13.3. The van der Waals surface area contributed by atoms with Crippen LogP contribution < -0.4 is 0 Å². The van der Waals surface area contributed by atoms with Crippen LogP contribution in [0.3, 0.4) is 0 Å². The second-order valence-electron chi connectivity index (χ2n) is 5.42. The Kier molecular flexibility index (Phi) is 4.67. The van der Waals surface area contributed by atoms with Crippen LogP contribution in [0.4, 0.5) is 13.2 Å². The van der Waals surface area contributed by atoms with Gasteiger partial charge in [0.2, 0.25) is 0 Å². The Bertz CT molecular complexity index is 864. The molecule has 3 rings (SSSR count). The molecule has 3 heterocycles. The first-order valence-electron chi connectivity index (χ1n) is 7.45. The summed E-state index contributed by atoms with van der Waals surface area (Å²) in [6.07, 6.45) is -3.89. The van der Waals surface area contributed by atoms with Crippen molar-refractivity contribution in [2.45, 2.75) is 24.9 Å². The van der Waals surface area contributed by atoms with E-state index in [1.165, 1.54) is 13.0 Å². The van der Waals surface area contributed by atoms with E-state index in [1.807, 2.05) is 0 Å². The molecule has 0 saturated carbocycles. The van der Waals surface area contributed by atoms with Crippen molar-refractivity contribution in [2.24, 2.45) is 0 Å². The zero-order valence-corrected chi connectivity index (χ0v) is 15.0. The first-order valence-corrected chi connectivity index (χ1v) is 9.58. The number of thiophene rings is 1. The topological polar surface area (TPSA) is 63.2 Å². The highest BCUT2D eigenvalue weighted by molar-refractivity contribution is 7.85. The molecule has 0 aromatic carbocycles. The number of aryl methyl sites for hydroxylation is 1. The van der Waals surface area contributed by atoms with Crippen molar-refractivity contribution in [3.05, 3.63) is 28.5 Å². The molecule has 0 N–H and O–H groups in total. The molecule has 134 valence electrons. The average Bonchev–Trinajstić information content (AvgIpc) is 2.94. The highest BCUT2D eigenvalue weighted by Gasteiger charge is 2.37. The highest BCUT2D eigenvalue weighted by Crippen LogP contribution is 2.40. The first-order chi connectivity index (χ1) is 11.7. The Morgan fingerprint density at radius 3 is 2.76 bits per heavy atom. The first kappa shape index (κ1) is 18.0. The summed E-state index contributed by atoms with van der Waals surface area (Å²) in [5.74, 6) is 0.144. The standard InChI is InChI=1S/C15H14F3N3O2S2/c1-3-21-4-5-25(23)11-6-10(24-13(11)14(21)22)12-9(15(16,17)18)7-19-8(2)20-12/h6-7H,3-5H2,1-2H3. The van der Waals surface area contributed by atoms with Crippen molar-refractivity contribution in [3.63, 3.8) is 0 Å². The molecule has 2 aromatic heterocycles. The van der Waals surface area contributed by atoms with Gasteiger partial charge in [-0.05, 0) is 19.9 Å². The van der Waals surface area contributed by atoms with E-state index < -0.39 is 22.5 Å². The second-order valence-corrected chi connectivity index (χ2v) is 8.01. The predicted octanol–water partition coefficient (Wildman–Crippen LogP) is 3.12. The van der Waals surface area contributed by atoms with Crippen molar-refractivity contribution >= 4 is 28.0 Å². The summed E-state index contributed by atoms with van der Waals surface area (Å²) in [6, 6.07) is 1.39. The third-order valence-electron chi connectivity index (χ3n) is 3.80. The number of halogens is 3. The number of carbonyl (C=O) groups is 1. The van der Waals surface area contributed by atoms with Crippen LogP contribution in [-0.4, -0.2) is 43.8 Å². The van der Waals surface area contributed by atoms with E-state index in [4.69, 9.17) is 0 Å². The minimum absolute atomic E-state index is 0.169. The van der Waals surface area contributed by atoms with Gasteiger partial charge >= 0.3 is 6.18 Å². The monoisotopic (exact) mass is 389 g/mol. The second kappa shape index (κ2) is 6.49. The summed E-state index contributed by atoms with van der Waals surface area (Å²) < 4.78 is 52.2. The molecule has 1 amide bonds. The van der Waals surface area contributed by atoms with E-state index >= 15 is 0 Å². The van der Waals surface area contributed by atoms with Gasteiger partial charge in [0, 0.05) is 25.0 Å². The number of hydrogen-bond acceptors (Lipinski definition) is 5. The quantitative estimate of drug-likeness (QED) is 0.792. The van der Waals surface area contributed by atoms with Crippen molar-refractivity contribution in [1.29, 1.82) is 0 Å². The van der Waals surface area contributed by atoms with Gasteiger partial charge in [0.25, 0.3) is 5.91 Å². The van der Waals surface area contributed by atoms with Crippen LogP contribution in [0, 0.1) is 6.92 Å². The lowest BCUT2D eigenvalue weighted by Crippen LogP contribution is -2.31. The molecule has 0 radical (unpaired) electrons. The maximum atomic E-state index is 13.3. The number of carbonyl (C=O) groups excluding carboxylic acids is 1. The predicted molar refractivity (Wildman–Crippen MR) is 87.9 cm³/mol. The fraction of sp³-hybridized carbons (Fsp3) is 0.400. The number of fused-ring (bicyclic) bond motifs is 1. The number of amides is 1. The lowest BCUT2D eigenvalue weighted by molar-refractivity contribution is -0.137. The molecule has 2 aromatic rings. The number of rotatable bonds is 2. The molecule has 0 saturated heterocycles. The molecule has 1 aliphatic rings. The van der Waals surface area contributed by atoms with E-state index in [2.05, 4.69) is 9.97 Å². The van der Waals surface area contributed by atoms with E-state index in [0.717, 1.165) is 17.5 Å². The Hall–Kier alpha value is -1.81. The largest absolute Gasteiger partial charge is 0.420 e. The van der Waals surface area contributed by atoms with Crippen LogP contribution in [0.2, 0.25) is 0 Å². The lowest BCUT2D eigenvalue weighted by atomic mass is 10.2. The van der Waals surface area contributed by atoms with Gasteiger partial charge in [0.1, 0.15) is 16.3 Å². The molecule has 1 atom stereocenters. The molecule has 10 heteroatoms. The number of aromatic nitrogens is 2. The molecule has 5 nitrogen and oxygen atoms in total. The Labute approximate surface area is 148 Å². The summed E-state index contributed by atoms with van der Waals surface area (Å²) in [4.78, 5) is 22.3. The van der Waals surface area contributed by atoms with Crippen LogP contribution in [0.15, 0.2) is 17.2 Å². The van der Waals surface area contributed by atoms with E-state index in [0.29, 0.717) is 13.1 Å². The number of nitrogens with zero attached hydrogens (tertiary/aromatic N) is 3. The van der Waals surface area contributed by atoms with Crippen molar-refractivity contribution in [2.75, 3.05) is 18.8 Å². The molecule has 0 aliphatic carbocycles. The third kappa shape index (κ3) is 3.32. The van der Waals surface area contributed by atoms with Gasteiger partial charge in [-0.1, -0.05) is 0 Å². The van der Waals surface area contributed by atoms with Crippen molar-refractivity contribution in [1.82, 2.24) is 14.9 Å². The van der Waals surface area contributed by atoms with E-state index in [9.17, 15) is 22.2 Å². The highest BCUT2D eigenvalue weighted by atomic mass is 32.2. The van der Waals surface area contributed by atoms with Gasteiger partial charge in [-0.2, -0.15) is 13.2 Å². The fourth-order valence-electron chi connectivity index (χ4n) is 2.52. The van der Waals surface area contributed by atoms with Crippen LogP contribution in [0.25, 0.3) is 10.6 Å². The van der Waals surface area contributed by atoms with E-state index in [1.54, 1.807) is 11.8 Å². The van der Waals surface area contributed by atoms with Crippen LogP contribution in [0.1, 0.15) is 28.0 Å². The van der Waals surface area contributed by atoms with Gasteiger partial charge < -0.3 is 4.90 Å². The van der Waals surface area contributed by atoms with Gasteiger partial charge in [-0.25, -0.2) is 9.97 Å². The lowest BCUT2D eigenvalue weighted by Gasteiger charge is -2.17. The molecule has 0 spiro atoms. The molecule has 0 bridgehead atoms. The fourth-order valence-corrected chi connectivity index (χ4v) is 5.18. The molecule has 1 aliphatic heterocycles. The average molecular weight is 389 g/mol. The SMILES string of the molecule is CCN1CCS(=O)c2cc(-c3nc(C)ncc3C(F)(F)F)sc2C1=O. The number of hydrogen-bond donors (Lipinski definition) is 0. The van der Waals surface area contributed by atoms with Crippen LogP contribution in [-0.2, 0) is 17.0 Å². The van der Waals surface area contributed by atoms with E-state index in [-0.39, 0.29) is 37.8 Å². The Morgan fingerprint density at radius 1 is 1.40 bits per heavy atom. The minimum atomic E-state index is -4.62. The molecule has 1 unspecified atom stereocenters. The third-order valence-corrected chi connectivity index (χ3v) is 6.43. The van der Waals surface area contributed by atoms with Crippen LogP contribution >= 0.6 is 11.3 Å². The van der Waals surface area contributed by atoms with Gasteiger partial charge in [-0.3, -0.25) is 9.00 Å². The Morgan fingerprint density at radius 2 is 2.12 bits per heavy atom. The summed E-state index contributed by atoms with van der Waals surface area (Å²) in [5.41, 5.74) is -1.26. The summed E-state index contributed by atoms with van der Waals surface area (Å²) in [5, 5.41) is 0. The van der Waals surface area contributed by atoms with Crippen molar-refractivity contribution < 1.29 is 22.2 Å². The zero-order valence-electron chi connectivity index (χ0n) is 13.4. The van der Waals surface area contributed by atoms with Crippen LogP contribution in [0.5, 0.6) is 0 Å². The number of alkyl halides is 3. The maximum Gasteiger partial charge on any atom is 0.420 e. The minimum Gasteiger partial charge on any atom is -0.337 e. The molecular weight excluding hydrogens is 375 g/mol. The molecule has 0 fully saturated rings. The summed E-state index contributed by atoms with van der Waals surface area (Å²) >= 11 is 0.897. The summed E-state index contributed by atoms with van der Waals surface area (Å²) in [7, 11) is -1.44. The summed E-state index contributed by atoms with van der Waals surface area (Å²) in [6.45, 7) is 4.10. The van der Waals surface area contributed by atoms with Gasteiger partial charge in [0.15, 0.2) is 0 Å². The zero-order chi connectivity index (χ0) is 18.4. The molecular formula is C15H14F3N3O2S2. The van der Waals surface area contributed by atoms with Gasteiger partial charge in [-0.15, -0.1) is 11.3 Å². The van der Waals surface area contributed by atoms with Gasteiger partial charge in [0.05, 0.1) is 26.3 Å². The molecule has 25 heavy (non-hydrogen) atoms. The smallest absolute Gasteiger partial charge is 0.337 e. The normalized spacial score (nSPS) is 18.2. The Balaban J connectivity index is 2.18.